The quantitative estimate of drug-likeness (QED) is 0.856. The van der Waals surface area contributed by atoms with Crippen LogP contribution in [-0.2, 0) is 0 Å². The maximum absolute atomic E-state index is 12.7. The standard InChI is InChI=1S/C16H22FNO/c1-16(12-19)10-2-5-15(16)18-11-3-4-13-6-8-14(17)9-7-13/h3-4,6-9,15,18-19H,2,5,10-12H2,1H3/b4-3+. The van der Waals surface area contributed by atoms with Crippen molar-refractivity contribution < 1.29 is 9.50 Å². The van der Waals surface area contributed by atoms with E-state index in [2.05, 4.69) is 12.2 Å². The molecule has 1 fully saturated rings. The summed E-state index contributed by atoms with van der Waals surface area (Å²) in [6.07, 6.45) is 7.42. The van der Waals surface area contributed by atoms with Gasteiger partial charge in [0.25, 0.3) is 0 Å². The van der Waals surface area contributed by atoms with E-state index in [4.69, 9.17) is 0 Å². The van der Waals surface area contributed by atoms with Gasteiger partial charge >= 0.3 is 0 Å². The van der Waals surface area contributed by atoms with Gasteiger partial charge in [0.05, 0.1) is 0 Å². The molecule has 0 bridgehead atoms. The van der Waals surface area contributed by atoms with Crippen LogP contribution >= 0.6 is 0 Å². The maximum atomic E-state index is 12.7. The molecule has 2 atom stereocenters. The Balaban J connectivity index is 1.82. The van der Waals surface area contributed by atoms with Gasteiger partial charge < -0.3 is 10.4 Å². The molecule has 2 rings (SSSR count). The molecule has 19 heavy (non-hydrogen) atoms. The molecule has 1 aliphatic carbocycles. The number of nitrogens with one attached hydrogen (secondary N) is 1. The van der Waals surface area contributed by atoms with Crippen molar-refractivity contribution in [2.45, 2.75) is 32.2 Å². The van der Waals surface area contributed by atoms with Crippen LogP contribution in [-0.4, -0.2) is 24.3 Å². The molecule has 0 saturated heterocycles. The first-order chi connectivity index (χ1) is 9.14. The van der Waals surface area contributed by atoms with E-state index >= 15 is 0 Å². The Morgan fingerprint density at radius 3 is 2.84 bits per heavy atom. The topological polar surface area (TPSA) is 32.3 Å². The van der Waals surface area contributed by atoms with Gasteiger partial charge in [0.15, 0.2) is 0 Å². The lowest BCUT2D eigenvalue weighted by molar-refractivity contribution is 0.120. The normalized spacial score (nSPS) is 27.2. The summed E-state index contributed by atoms with van der Waals surface area (Å²) in [6, 6.07) is 6.84. The van der Waals surface area contributed by atoms with Crippen molar-refractivity contribution in [1.82, 2.24) is 5.32 Å². The highest BCUT2D eigenvalue weighted by atomic mass is 19.1. The Morgan fingerprint density at radius 2 is 2.16 bits per heavy atom. The Hall–Kier alpha value is -1.19. The fourth-order valence-electron chi connectivity index (χ4n) is 2.75. The molecule has 2 nitrogen and oxygen atoms in total. The summed E-state index contributed by atoms with van der Waals surface area (Å²) in [5.74, 6) is -0.208. The minimum atomic E-state index is -0.208. The van der Waals surface area contributed by atoms with Crippen LogP contribution in [0.25, 0.3) is 6.08 Å². The van der Waals surface area contributed by atoms with Gasteiger partial charge in [-0.15, -0.1) is 0 Å². The molecule has 2 N–H and O–H groups in total. The summed E-state index contributed by atoms with van der Waals surface area (Å²) in [5, 5.41) is 12.9. The predicted molar refractivity (Wildman–Crippen MR) is 76.3 cm³/mol. The number of hydrogen-bond donors (Lipinski definition) is 2. The highest BCUT2D eigenvalue weighted by Gasteiger charge is 2.37. The number of aliphatic hydroxyl groups excluding tert-OH is 1. The molecule has 0 radical (unpaired) electrons. The molecular formula is C16H22FNO. The second kappa shape index (κ2) is 6.31. The van der Waals surface area contributed by atoms with Crippen molar-refractivity contribution in [3.63, 3.8) is 0 Å². The summed E-state index contributed by atoms with van der Waals surface area (Å²) in [4.78, 5) is 0. The van der Waals surface area contributed by atoms with Crippen LogP contribution in [0.4, 0.5) is 4.39 Å². The Kier molecular flexibility index (Phi) is 4.72. The molecule has 2 unspecified atom stereocenters. The van der Waals surface area contributed by atoms with E-state index in [1.807, 2.05) is 12.2 Å². The van der Waals surface area contributed by atoms with E-state index in [0.29, 0.717) is 6.04 Å². The summed E-state index contributed by atoms with van der Waals surface area (Å²) in [7, 11) is 0. The lowest BCUT2D eigenvalue weighted by Gasteiger charge is -2.29. The van der Waals surface area contributed by atoms with E-state index in [9.17, 15) is 9.50 Å². The summed E-state index contributed by atoms with van der Waals surface area (Å²) >= 11 is 0. The van der Waals surface area contributed by atoms with Crippen molar-refractivity contribution in [2.75, 3.05) is 13.2 Å². The Labute approximate surface area is 114 Å². The molecule has 0 heterocycles. The molecule has 0 spiro atoms. The van der Waals surface area contributed by atoms with Crippen molar-refractivity contribution >= 4 is 6.08 Å². The number of halogens is 1. The van der Waals surface area contributed by atoms with Gasteiger partial charge in [0.1, 0.15) is 5.82 Å². The Morgan fingerprint density at radius 1 is 1.42 bits per heavy atom. The second-order valence-corrected chi connectivity index (χ2v) is 5.62. The molecule has 1 aromatic rings. The molecular weight excluding hydrogens is 241 g/mol. The monoisotopic (exact) mass is 263 g/mol. The maximum Gasteiger partial charge on any atom is 0.123 e. The zero-order valence-corrected chi connectivity index (χ0v) is 11.4. The summed E-state index contributed by atoms with van der Waals surface area (Å²) in [6.45, 7) is 3.16. The highest BCUT2D eigenvalue weighted by Crippen LogP contribution is 2.37. The molecule has 0 aromatic heterocycles. The molecule has 104 valence electrons. The molecule has 1 aromatic carbocycles. The summed E-state index contributed by atoms with van der Waals surface area (Å²) < 4.78 is 12.7. The van der Waals surface area contributed by atoms with Crippen LogP contribution in [0.5, 0.6) is 0 Å². The molecule has 1 aliphatic rings. The average Bonchev–Trinajstić information content (AvgIpc) is 2.79. The van der Waals surface area contributed by atoms with E-state index < -0.39 is 0 Å². The zero-order chi connectivity index (χ0) is 13.7. The largest absolute Gasteiger partial charge is 0.396 e. The van der Waals surface area contributed by atoms with Gasteiger partial charge in [-0.05, 0) is 30.5 Å². The third-order valence-corrected chi connectivity index (χ3v) is 4.11. The fraction of sp³-hybridized carbons (Fsp3) is 0.500. The molecule has 3 heteroatoms. The van der Waals surface area contributed by atoms with Crippen molar-refractivity contribution in [2.24, 2.45) is 5.41 Å². The van der Waals surface area contributed by atoms with E-state index in [-0.39, 0.29) is 17.8 Å². The van der Waals surface area contributed by atoms with Gasteiger partial charge in [-0.2, -0.15) is 0 Å². The highest BCUT2D eigenvalue weighted by molar-refractivity contribution is 5.48. The van der Waals surface area contributed by atoms with Crippen LogP contribution in [0.3, 0.4) is 0 Å². The fourth-order valence-corrected chi connectivity index (χ4v) is 2.75. The zero-order valence-electron chi connectivity index (χ0n) is 11.4. The smallest absolute Gasteiger partial charge is 0.123 e. The lowest BCUT2D eigenvalue weighted by atomic mass is 9.86. The minimum absolute atomic E-state index is 0.0176. The van der Waals surface area contributed by atoms with Gasteiger partial charge in [-0.3, -0.25) is 0 Å². The third-order valence-electron chi connectivity index (χ3n) is 4.11. The second-order valence-electron chi connectivity index (χ2n) is 5.62. The number of benzene rings is 1. The van der Waals surface area contributed by atoms with Crippen LogP contribution in [0.15, 0.2) is 30.3 Å². The van der Waals surface area contributed by atoms with Crippen LogP contribution in [0, 0.1) is 11.2 Å². The van der Waals surface area contributed by atoms with Crippen molar-refractivity contribution in [3.05, 3.63) is 41.7 Å². The average molecular weight is 263 g/mol. The SMILES string of the molecule is CC1(CO)CCCC1NC/C=C/c1ccc(F)cc1. The van der Waals surface area contributed by atoms with Gasteiger partial charge in [-0.25, -0.2) is 4.39 Å². The first kappa shape index (κ1) is 14.2. The first-order valence-corrected chi connectivity index (χ1v) is 6.90. The number of hydrogen-bond acceptors (Lipinski definition) is 2. The van der Waals surface area contributed by atoms with Gasteiger partial charge in [0, 0.05) is 24.6 Å². The predicted octanol–water partition coefficient (Wildman–Crippen LogP) is 2.98. The lowest BCUT2D eigenvalue weighted by Crippen LogP contribution is -2.41. The molecule has 0 amide bonds. The van der Waals surface area contributed by atoms with Crippen LogP contribution in [0.1, 0.15) is 31.7 Å². The summed E-state index contributed by atoms with van der Waals surface area (Å²) in [5.41, 5.74) is 1.02. The van der Waals surface area contributed by atoms with Crippen molar-refractivity contribution in [3.8, 4) is 0 Å². The van der Waals surface area contributed by atoms with E-state index in [0.717, 1.165) is 24.9 Å². The Bertz CT molecular complexity index is 429. The van der Waals surface area contributed by atoms with Gasteiger partial charge in [-0.1, -0.05) is 37.6 Å². The molecule has 1 saturated carbocycles. The van der Waals surface area contributed by atoms with E-state index in [1.54, 1.807) is 12.1 Å². The van der Waals surface area contributed by atoms with E-state index in [1.165, 1.54) is 18.6 Å². The first-order valence-electron chi connectivity index (χ1n) is 6.90. The number of aliphatic hydroxyl groups is 1. The van der Waals surface area contributed by atoms with Crippen LogP contribution < -0.4 is 5.32 Å². The minimum Gasteiger partial charge on any atom is -0.396 e. The number of rotatable bonds is 5. The van der Waals surface area contributed by atoms with Gasteiger partial charge in [0.2, 0.25) is 0 Å². The van der Waals surface area contributed by atoms with Crippen molar-refractivity contribution in [1.29, 1.82) is 0 Å². The molecule has 0 aliphatic heterocycles. The van der Waals surface area contributed by atoms with Crippen LogP contribution in [0.2, 0.25) is 0 Å². The third kappa shape index (κ3) is 3.64.